The van der Waals surface area contributed by atoms with E-state index in [0.29, 0.717) is 52.1 Å². The molecule has 0 spiro atoms. The Kier molecular flexibility index (Phi) is 6.60. The topological polar surface area (TPSA) is 65.5 Å². The van der Waals surface area contributed by atoms with Gasteiger partial charge in [0.2, 0.25) is 0 Å². The number of hydrogen-bond donors (Lipinski definition) is 1. The summed E-state index contributed by atoms with van der Waals surface area (Å²) in [6.07, 6.45) is -2.29. The summed E-state index contributed by atoms with van der Waals surface area (Å²) in [6, 6.07) is 8.82. The van der Waals surface area contributed by atoms with Crippen molar-refractivity contribution in [2.75, 3.05) is 26.1 Å². The van der Waals surface area contributed by atoms with E-state index in [-0.39, 0.29) is 12.6 Å². The fourth-order valence-electron chi connectivity index (χ4n) is 3.74. The molecule has 1 saturated carbocycles. The minimum atomic E-state index is -4.39. The van der Waals surface area contributed by atoms with Crippen LogP contribution in [-0.4, -0.2) is 36.9 Å². The van der Waals surface area contributed by atoms with Crippen LogP contribution in [0.25, 0.3) is 10.9 Å². The number of halogens is 3. The zero-order valence-corrected chi connectivity index (χ0v) is 18.7. The van der Waals surface area contributed by atoms with Gasteiger partial charge in [0.15, 0.2) is 11.5 Å². The largest absolute Gasteiger partial charge is 0.493 e. The molecule has 4 rings (SSSR count). The summed E-state index contributed by atoms with van der Waals surface area (Å²) in [7, 11) is 3.21. The molecule has 0 bridgehead atoms. The molecule has 33 heavy (non-hydrogen) atoms. The van der Waals surface area contributed by atoms with Crippen LogP contribution in [0.1, 0.15) is 29.8 Å². The normalized spacial score (nSPS) is 14.8. The van der Waals surface area contributed by atoms with E-state index in [1.165, 1.54) is 6.07 Å². The van der Waals surface area contributed by atoms with Crippen molar-refractivity contribution in [1.29, 1.82) is 0 Å². The lowest BCUT2D eigenvalue weighted by Crippen LogP contribution is -2.25. The number of alkyl halides is 3. The Balaban J connectivity index is 1.65. The number of anilines is 1. The molecule has 2 aromatic carbocycles. The molecular formula is C24H26F3N3O3. The van der Waals surface area contributed by atoms with Crippen molar-refractivity contribution >= 4 is 16.7 Å². The summed E-state index contributed by atoms with van der Waals surface area (Å²) >= 11 is 0. The molecular weight excluding hydrogens is 435 g/mol. The van der Waals surface area contributed by atoms with Crippen LogP contribution >= 0.6 is 0 Å². The molecule has 1 N–H and O–H groups in total. The van der Waals surface area contributed by atoms with E-state index in [2.05, 4.69) is 15.3 Å². The number of ether oxygens (including phenoxy) is 3. The number of benzene rings is 2. The number of hydrogen-bond acceptors (Lipinski definition) is 6. The molecule has 0 aliphatic heterocycles. The van der Waals surface area contributed by atoms with E-state index < -0.39 is 11.7 Å². The van der Waals surface area contributed by atoms with E-state index >= 15 is 0 Å². The van der Waals surface area contributed by atoms with Crippen LogP contribution in [-0.2, 0) is 17.5 Å². The number of rotatable bonds is 9. The summed E-state index contributed by atoms with van der Waals surface area (Å²) in [4.78, 5) is 8.97. The van der Waals surface area contributed by atoms with E-state index in [4.69, 9.17) is 14.2 Å². The second-order valence-electron chi connectivity index (χ2n) is 8.14. The number of methoxy groups -OCH3 is 2. The SMILES string of the molecule is COCC(Oc1cc2c(NCc3cccc(C(F)(F)F)c3)nc(C)nc2cc1OC)C1CC1. The number of aryl methyl sites for hydroxylation is 1. The summed E-state index contributed by atoms with van der Waals surface area (Å²) in [6.45, 7) is 2.40. The molecule has 1 fully saturated rings. The molecule has 1 aromatic heterocycles. The first-order valence-corrected chi connectivity index (χ1v) is 10.7. The van der Waals surface area contributed by atoms with Gasteiger partial charge in [0.25, 0.3) is 0 Å². The maximum atomic E-state index is 13.1. The molecule has 9 heteroatoms. The highest BCUT2D eigenvalue weighted by Gasteiger charge is 2.34. The first kappa shape index (κ1) is 23.1. The highest BCUT2D eigenvalue weighted by molar-refractivity contribution is 5.91. The van der Waals surface area contributed by atoms with Crippen LogP contribution < -0.4 is 14.8 Å². The molecule has 1 aliphatic carbocycles. The highest BCUT2D eigenvalue weighted by Crippen LogP contribution is 2.40. The lowest BCUT2D eigenvalue weighted by atomic mass is 10.1. The Morgan fingerprint density at radius 2 is 1.88 bits per heavy atom. The molecule has 176 valence electrons. The monoisotopic (exact) mass is 461 g/mol. The van der Waals surface area contributed by atoms with Gasteiger partial charge >= 0.3 is 6.18 Å². The number of aromatic nitrogens is 2. The second-order valence-corrected chi connectivity index (χ2v) is 8.14. The maximum absolute atomic E-state index is 13.1. The van der Waals surface area contributed by atoms with Crippen molar-refractivity contribution in [2.24, 2.45) is 5.92 Å². The minimum Gasteiger partial charge on any atom is -0.493 e. The second kappa shape index (κ2) is 9.43. The number of fused-ring (bicyclic) bond motifs is 1. The average molecular weight is 461 g/mol. The van der Waals surface area contributed by atoms with Gasteiger partial charge in [0.1, 0.15) is 17.7 Å². The first-order chi connectivity index (χ1) is 15.8. The molecule has 0 amide bonds. The molecule has 6 nitrogen and oxygen atoms in total. The van der Waals surface area contributed by atoms with Crippen LogP contribution in [0.2, 0.25) is 0 Å². The van der Waals surface area contributed by atoms with E-state index in [0.717, 1.165) is 25.0 Å². The van der Waals surface area contributed by atoms with Crippen LogP contribution in [0.4, 0.5) is 19.0 Å². The Labute approximate surface area is 190 Å². The molecule has 1 atom stereocenters. The van der Waals surface area contributed by atoms with Gasteiger partial charge in [-0.25, -0.2) is 9.97 Å². The van der Waals surface area contributed by atoms with E-state index in [1.807, 2.05) is 6.07 Å². The molecule has 1 aliphatic rings. The van der Waals surface area contributed by atoms with Crippen molar-refractivity contribution in [1.82, 2.24) is 9.97 Å². The van der Waals surface area contributed by atoms with Crippen molar-refractivity contribution in [3.05, 3.63) is 53.3 Å². The minimum absolute atomic E-state index is 0.0887. The van der Waals surface area contributed by atoms with E-state index in [1.54, 1.807) is 33.3 Å². The molecule has 0 radical (unpaired) electrons. The van der Waals surface area contributed by atoms with Gasteiger partial charge in [-0.05, 0) is 49.4 Å². The summed E-state index contributed by atoms with van der Waals surface area (Å²) in [5, 5.41) is 3.85. The van der Waals surface area contributed by atoms with Crippen molar-refractivity contribution < 1.29 is 27.4 Å². The predicted molar refractivity (Wildman–Crippen MR) is 119 cm³/mol. The zero-order valence-electron chi connectivity index (χ0n) is 18.7. The van der Waals surface area contributed by atoms with Crippen molar-refractivity contribution in [3.8, 4) is 11.5 Å². The predicted octanol–water partition coefficient (Wildman–Crippen LogP) is 5.38. The van der Waals surface area contributed by atoms with Gasteiger partial charge < -0.3 is 19.5 Å². The Bertz CT molecular complexity index is 1130. The average Bonchev–Trinajstić information content (AvgIpc) is 3.62. The number of nitrogens with zero attached hydrogens (tertiary/aromatic N) is 2. The van der Waals surface area contributed by atoms with Crippen LogP contribution in [0.15, 0.2) is 36.4 Å². The molecule has 1 unspecified atom stereocenters. The third kappa shape index (κ3) is 5.47. The van der Waals surface area contributed by atoms with Gasteiger partial charge in [-0.1, -0.05) is 12.1 Å². The smallest absolute Gasteiger partial charge is 0.416 e. The Hall–Kier alpha value is -3.07. The van der Waals surface area contributed by atoms with Gasteiger partial charge in [-0.3, -0.25) is 0 Å². The summed E-state index contributed by atoms with van der Waals surface area (Å²) in [5.41, 5.74) is 0.455. The zero-order chi connectivity index (χ0) is 23.6. The summed E-state index contributed by atoms with van der Waals surface area (Å²) < 4.78 is 56.3. The van der Waals surface area contributed by atoms with Gasteiger partial charge in [0, 0.05) is 25.1 Å². The first-order valence-electron chi connectivity index (χ1n) is 10.7. The lowest BCUT2D eigenvalue weighted by Gasteiger charge is -2.20. The van der Waals surface area contributed by atoms with Gasteiger partial charge in [-0.15, -0.1) is 0 Å². The van der Waals surface area contributed by atoms with Gasteiger partial charge in [0.05, 0.1) is 24.8 Å². The molecule has 1 heterocycles. The Morgan fingerprint density at radius 1 is 1.09 bits per heavy atom. The van der Waals surface area contributed by atoms with E-state index in [9.17, 15) is 13.2 Å². The van der Waals surface area contributed by atoms with Gasteiger partial charge in [-0.2, -0.15) is 13.2 Å². The fourth-order valence-corrected chi connectivity index (χ4v) is 3.74. The quantitative estimate of drug-likeness (QED) is 0.462. The van der Waals surface area contributed by atoms with Crippen LogP contribution in [0.5, 0.6) is 11.5 Å². The van der Waals surface area contributed by atoms with Crippen LogP contribution in [0, 0.1) is 12.8 Å². The maximum Gasteiger partial charge on any atom is 0.416 e. The molecule has 0 saturated heterocycles. The van der Waals surface area contributed by atoms with Crippen molar-refractivity contribution in [3.63, 3.8) is 0 Å². The highest BCUT2D eigenvalue weighted by atomic mass is 19.4. The summed E-state index contributed by atoms with van der Waals surface area (Å²) in [5.74, 6) is 2.58. The standard InChI is InChI=1S/C24H26F3N3O3/c1-14-29-19-11-20(32-3)21(33-22(13-31-2)16-7-8-16)10-18(19)23(30-14)28-12-15-5-4-6-17(9-15)24(25,26)27/h4-6,9-11,16,22H,7-8,12-13H2,1-3H3,(H,28,29,30). The third-order valence-electron chi connectivity index (χ3n) is 5.56. The fraction of sp³-hybridized carbons (Fsp3) is 0.417. The van der Waals surface area contributed by atoms with Crippen LogP contribution in [0.3, 0.4) is 0 Å². The Morgan fingerprint density at radius 3 is 2.55 bits per heavy atom. The third-order valence-corrected chi connectivity index (χ3v) is 5.56. The van der Waals surface area contributed by atoms with Crippen molar-refractivity contribution in [2.45, 2.75) is 38.6 Å². The lowest BCUT2D eigenvalue weighted by molar-refractivity contribution is -0.137. The number of nitrogens with one attached hydrogen (secondary N) is 1. The molecule has 3 aromatic rings.